The summed E-state index contributed by atoms with van der Waals surface area (Å²) < 4.78 is 80.0. The third-order valence-electron chi connectivity index (χ3n) is 2.57. The summed E-state index contributed by atoms with van der Waals surface area (Å²) in [5, 5.41) is 0. The lowest BCUT2D eigenvalue weighted by atomic mass is 10.0. The normalized spacial score (nSPS) is 16.1. The lowest BCUT2D eigenvalue weighted by Crippen LogP contribution is -2.47. The second-order valence-corrected chi connectivity index (χ2v) is 5.25. The molecule has 1 aromatic carbocycles. The van der Waals surface area contributed by atoms with E-state index in [1.165, 1.54) is 25.1 Å². The molecule has 0 aliphatic heterocycles. The number of benzene rings is 1. The number of halogens is 7. The van der Waals surface area contributed by atoms with E-state index in [4.69, 9.17) is 5.73 Å². The first kappa shape index (κ1) is 18.2. The molecule has 0 radical (unpaired) electrons. The van der Waals surface area contributed by atoms with Crippen LogP contribution in [0.5, 0.6) is 0 Å². The Morgan fingerprint density at radius 2 is 1.52 bits per heavy atom. The van der Waals surface area contributed by atoms with E-state index < -0.39 is 30.6 Å². The molecule has 2 nitrogen and oxygen atoms in total. The fourth-order valence-electron chi connectivity index (χ4n) is 1.67. The van der Waals surface area contributed by atoms with Gasteiger partial charge in [0.05, 0.1) is 6.10 Å². The Bertz CT molecular complexity index is 460. The van der Waals surface area contributed by atoms with Crippen LogP contribution in [-0.4, -0.2) is 24.5 Å². The van der Waals surface area contributed by atoms with Gasteiger partial charge in [-0.25, -0.2) is 0 Å². The largest absolute Gasteiger partial charge is 0.423 e. The number of rotatable bonds is 4. The van der Waals surface area contributed by atoms with Gasteiger partial charge in [0.2, 0.25) is 6.10 Å². The molecule has 21 heavy (non-hydrogen) atoms. The van der Waals surface area contributed by atoms with Crippen LogP contribution in [0.2, 0.25) is 0 Å². The van der Waals surface area contributed by atoms with Gasteiger partial charge >= 0.3 is 12.4 Å². The van der Waals surface area contributed by atoms with Gasteiger partial charge in [-0.15, -0.1) is 0 Å². The van der Waals surface area contributed by atoms with Crippen molar-refractivity contribution in [3.63, 3.8) is 0 Å². The first-order valence-corrected chi connectivity index (χ1v) is 6.52. The molecule has 2 atom stereocenters. The molecule has 0 aliphatic rings. The van der Waals surface area contributed by atoms with Gasteiger partial charge in [0.15, 0.2) is 0 Å². The summed E-state index contributed by atoms with van der Waals surface area (Å²) in [6, 6.07) is 4.79. The molecule has 0 saturated carbocycles. The average molecular weight is 380 g/mol. The minimum absolute atomic E-state index is 0.117. The molecule has 0 saturated heterocycles. The van der Waals surface area contributed by atoms with Crippen LogP contribution in [0.3, 0.4) is 0 Å². The molecule has 0 aromatic heterocycles. The second-order valence-electron chi connectivity index (χ2n) is 4.40. The van der Waals surface area contributed by atoms with Crippen molar-refractivity contribution in [2.45, 2.75) is 37.5 Å². The first-order valence-electron chi connectivity index (χ1n) is 5.73. The summed E-state index contributed by atoms with van der Waals surface area (Å²) in [6.07, 6.45) is -16.6. The van der Waals surface area contributed by atoms with Crippen LogP contribution in [0.15, 0.2) is 28.7 Å². The summed E-state index contributed by atoms with van der Waals surface area (Å²) in [5.74, 6) is 0. The van der Waals surface area contributed by atoms with E-state index in [1.54, 1.807) is 6.07 Å². The van der Waals surface area contributed by atoms with Crippen molar-refractivity contribution < 1.29 is 31.1 Å². The minimum atomic E-state index is -5.58. The summed E-state index contributed by atoms with van der Waals surface area (Å²) in [6.45, 7) is 1.27. The first-order chi connectivity index (χ1) is 9.44. The van der Waals surface area contributed by atoms with Gasteiger partial charge in [0, 0.05) is 10.5 Å². The predicted molar refractivity (Wildman–Crippen MR) is 67.5 cm³/mol. The zero-order valence-electron chi connectivity index (χ0n) is 10.7. The summed E-state index contributed by atoms with van der Waals surface area (Å²) in [4.78, 5) is 0. The van der Waals surface area contributed by atoms with Gasteiger partial charge in [0.1, 0.15) is 0 Å². The molecule has 0 bridgehead atoms. The molecule has 9 heteroatoms. The van der Waals surface area contributed by atoms with E-state index in [9.17, 15) is 26.3 Å². The Balaban J connectivity index is 3.16. The number of hydrogen-bond acceptors (Lipinski definition) is 2. The van der Waals surface area contributed by atoms with Gasteiger partial charge in [-0.1, -0.05) is 34.1 Å². The Morgan fingerprint density at radius 1 is 1.05 bits per heavy atom. The number of nitrogens with two attached hydrogens (primary N) is 1. The van der Waals surface area contributed by atoms with Gasteiger partial charge in [-0.05, 0) is 18.6 Å². The SMILES string of the molecule is CC(N)C(OC(C(F)(F)F)C(F)(F)F)c1ccccc1Br. The molecule has 1 rings (SSSR count). The highest BCUT2D eigenvalue weighted by Crippen LogP contribution is 2.40. The van der Waals surface area contributed by atoms with Crippen LogP contribution < -0.4 is 5.73 Å². The van der Waals surface area contributed by atoms with Crippen LogP contribution in [0, 0.1) is 0 Å². The van der Waals surface area contributed by atoms with Gasteiger partial charge in [0.25, 0.3) is 0 Å². The number of alkyl halides is 6. The maximum Gasteiger partial charge on any atom is 0.423 e. The fourth-order valence-corrected chi connectivity index (χ4v) is 2.18. The zero-order valence-corrected chi connectivity index (χ0v) is 12.3. The fraction of sp³-hybridized carbons (Fsp3) is 0.500. The molecule has 0 aliphatic carbocycles. The maximum absolute atomic E-state index is 12.6. The molecule has 0 heterocycles. The molecule has 2 unspecified atom stereocenters. The number of hydrogen-bond donors (Lipinski definition) is 1. The molecular formula is C12H12BrF6NO. The smallest absolute Gasteiger partial charge is 0.351 e. The Labute approximate surface area is 125 Å². The highest BCUT2D eigenvalue weighted by molar-refractivity contribution is 9.10. The lowest BCUT2D eigenvalue weighted by Gasteiger charge is -2.30. The standard InChI is InChI=1S/C12H12BrF6NO/c1-6(20)9(7-4-2-3-5-8(7)13)21-10(11(14,15)16)12(17,18)19/h2-6,9-10H,20H2,1H3. The molecular weight excluding hydrogens is 368 g/mol. The third-order valence-corrected chi connectivity index (χ3v) is 3.29. The third kappa shape index (κ3) is 4.86. The quantitative estimate of drug-likeness (QED) is 0.789. The topological polar surface area (TPSA) is 35.2 Å². The van der Waals surface area contributed by atoms with E-state index in [1.807, 2.05) is 0 Å². The van der Waals surface area contributed by atoms with Gasteiger partial charge in [-0.2, -0.15) is 26.3 Å². The van der Waals surface area contributed by atoms with Crippen molar-refractivity contribution in [1.29, 1.82) is 0 Å². The zero-order chi connectivity index (χ0) is 16.4. The summed E-state index contributed by atoms with van der Waals surface area (Å²) in [5.41, 5.74) is 5.61. The van der Waals surface area contributed by atoms with Crippen molar-refractivity contribution in [2.24, 2.45) is 5.73 Å². The maximum atomic E-state index is 12.6. The highest BCUT2D eigenvalue weighted by Gasteiger charge is 2.59. The Hall–Kier alpha value is -0.800. The highest BCUT2D eigenvalue weighted by atomic mass is 79.9. The van der Waals surface area contributed by atoms with Crippen molar-refractivity contribution >= 4 is 15.9 Å². The Kier molecular flexibility index (Phi) is 5.68. The van der Waals surface area contributed by atoms with E-state index in [0.717, 1.165) is 0 Å². The number of ether oxygens (including phenoxy) is 1. The summed E-state index contributed by atoms with van der Waals surface area (Å²) >= 11 is 3.06. The van der Waals surface area contributed by atoms with Crippen molar-refractivity contribution in [2.75, 3.05) is 0 Å². The van der Waals surface area contributed by atoms with E-state index in [-0.39, 0.29) is 5.56 Å². The van der Waals surface area contributed by atoms with Crippen LogP contribution in [0.1, 0.15) is 18.6 Å². The van der Waals surface area contributed by atoms with Gasteiger partial charge < -0.3 is 10.5 Å². The van der Waals surface area contributed by atoms with Crippen LogP contribution in [0.25, 0.3) is 0 Å². The molecule has 1 aromatic rings. The van der Waals surface area contributed by atoms with E-state index in [2.05, 4.69) is 20.7 Å². The van der Waals surface area contributed by atoms with Crippen LogP contribution in [0.4, 0.5) is 26.3 Å². The van der Waals surface area contributed by atoms with Gasteiger partial charge in [-0.3, -0.25) is 0 Å². The molecule has 0 fully saturated rings. The monoisotopic (exact) mass is 379 g/mol. The molecule has 0 spiro atoms. The second kappa shape index (κ2) is 6.53. The predicted octanol–water partition coefficient (Wildman–Crippen LogP) is 4.35. The molecule has 0 amide bonds. The Morgan fingerprint density at radius 3 is 1.90 bits per heavy atom. The van der Waals surface area contributed by atoms with E-state index in [0.29, 0.717) is 4.47 Å². The van der Waals surface area contributed by atoms with E-state index >= 15 is 0 Å². The van der Waals surface area contributed by atoms with Crippen molar-refractivity contribution in [3.05, 3.63) is 34.3 Å². The molecule has 2 N–H and O–H groups in total. The molecule has 120 valence electrons. The van der Waals surface area contributed by atoms with Crippen LogP contribution >= 0.6 is 15.9 Å². The van der Waals surface area contributed by atoms with Crippen molar-refractivity contribution in [1.82, 2.24) is 0 Å². The summed E-state index contributed by atoms with van der Waals surface area (Å²) in [7, 11) is 0. The minimum Gasteiger partial charge on any atom is -0.351 e. The average Bonchev–Trinajstić information content (AvgIpc) is 2.27. The lowest BCUT2D eigenvalue weighted by molar-refractivity contribution is -0.333. The van der Waals surface area contributed by atoms with Crippen molar-refractivity contribution in [3.8, 4) is 0 Å². The van der Waals surface area contributed by atoms with Crippen LogP contribution in [-0.2, 0) is 4.74 Å².